The summed E-state index contributed by atoms with van der Waals surface area (Å²) in [6.45, 7) is 13.1. The quantitative estimate of drug-likeness (QED) is 0.876. The fourth-order valence-electron chi connectivity index (χ4n) is 2.39. The van der Waals surface area contributed by atoms with Crippen LogP contribution in [0.3, 0.4) is 0 Å². The number of hydrogen-bond acceptors (Lipinski definition) is 2. The Balaban J connectivity index is 2.94. The van der Waals surface area contributed by atoms with Crippen LogP contribution in [0.25, 0.3) is 0 Å². The molecule has 0 fully saturated rings. The van der Waals surface area contributed by atoms with Gasteiger partial charge in [0.1, 0.15) is 0 Å². The first-order valence-corrected chi connectivity index (χ1v) is 6.83. The topological polar surface area (TPSA) is 55.1 Å². The van der Waals surface area contributed by atoms with E-state index in [0.717, 1.165) is 0 Å². The Morgan fingerprint density at radius 2 is 1.42 bits per heavy atom. The van der Waals surface area contributed by atoms with Crippen molar-refractivity contribution in [1.29, 1.82) is 0 Å². The predicted molar refractivity (Wildman–Crippen MR) is 80.2 cm³/mol. The molecule has 0 saturated heterocycles. The second-order valence-corrected chi connectivity index (χ2v) is 5.56. The van der Waals surface area contributed by atoms with Crippen LogP contribution in [-0.4, -0.2) is 11.9 Å². The zero-order valence-corrected chi connectivity index (χ0v) is 13.0. The Kier molecular flexibility index (Phi) is 5.12. The third-order valence-corrected chi connectivity index (χ3v) is 4.13. The van der Waals surface area contributed by atoms with Crippen molar-refractivity contribution in [2.45, 2.75) is 60.5 Å². The van der Waals surface area contributed by atoms with Gasteiger partial charge in [-0.15, -0.1) is 0 Å². The maximum Gasteiger partial charge on any atom is 0.221 e. The molecule has 0 heterocycles. The first kappa shape index (κ1) is 15.7. The maximum atomic E-state index is 11.7. The Labute approximate surface area is 116 Å². The van der Waals surface area contributed by atoms with Gasteiger partial charge in [0, 0.05) is 19.0 Å². The van der Waals surface area contributed by atoms with Gasteiger partial charge in [0.2, 0.25) is 5.91 Å². The second-order valence-electron chi connectivity index (χ2n) is 5.56. The Bertz CT molecular complexity index is 461. The monoisotopic (exact) mass is 262 g/mol. The van der Waals surface area contributed by atoms with E-state index in [4.69, 9.17) is 5.73 Å². The molecule has 106 valence electrons. The molecule has 3 N–H and O–H groups in total. The van der Waals surface area contributed by atoms with E-state index in [1.807, 2.05) is 6.92 Å². The van der Waals surface area contributed by atoms with Crippen molar-refractivity contribution in [3.63, 3.8) is 0 Å². The highest BCUT2D eigenvalue weighted by Gasteiger charge is 2.13. The molecule has 0 spiro atoms. The molecular formula is C16H26N2O. The Morgan fingerprint density at radius 1 is 1.00 bits per heavy atom. The number of nitrogens with two attached hydrogens (primary N) is 1. The minimum atomic E-state index is -0.0938. The van der Waals surface area contributed by atoms with Gasteiger partial charge in [0.25, 0.3) is 0 Å². The van der Waals surface area contributed by atoms with Crippen molar-refractivity contribution in [3.8, 4) is 0 Å². The van der Waals surface area contributed by atoms with E-state index in [1.165, 1.54) is 33.4 Å². The minimum Gasteiger partial charge on any atom is -0.352 e. The molecule has 0 aliphatic rings. The molecule has 0 aromatic heterocycles. The van der Waals surface area contributed by atoms with Crippen molar-refractivity contribution in [3.05, 3.63) is 33.4 Å². The van der Waals surface area contributed by atoms with Gasteiger partial charge in [-0.2, -0.15) is 0 Å². The van der Waals surface area contributed by atoms with Crippen LogP contribution in [0.4, 0.5) is 0 Å². The van der Waals surface area contributed by atoms with Crippen molar-refractivity contribution >= 4 is 5.91 Å². The summed E-state index contributed by atoms with van der Waals surface area (Å²) in [4.78, 5) is 11.7. The first-order chi connectivity index (χ1) is 8.75. The lowest BCUT2D eigenvalue weighted by Gasteiger charge is -2.19. The molecule has 0 aliphatic carbocycles. The number of rotatable bonds is 4. The van der Waals surface area contributed by atoms with Crippen molar-refractivity contribution < 1.29 is 4.79 Å². The number of amides is 1. The standard InChI is InChI=1S/C16H26N2O/c1-9(17)7-16(19)18-8-15-13(5)11(3)10(2)12(4)14(15)6/h9H,7-8,17H2,1-6H3,(H,18,19). The summed E-state index contributed by atoms with van der Waals surface area (Å²) in [6.07, 6.45) is 0.377. The van der Waals surface area contributed by atoms with E-state index in [0.29, 0.717) is 13.0 Å². The highest BCUT2D eigenvalue weighted by atomic mass is 16.1. The minimum absolute atomic E-state index is 0.0182. The summed E-state index contributed by atoms with van der Waals surface area (Å²) < 4.78 is 0. The van der Waals surface area contributed by atoms with Crippen molar-refractivity contribution in [1.82, 2.24) is 5.32 Å². The molecule has 1 atom stereocenters. The third kappa shape index (κ3) is 3.57. The number of benzene rings is 1. The fraction of sp³-hybridized carbons (Fsp3) is 0.562. The lowest BCUT2D eigenvalue weighted by molar-refractivity contribution is -0.121. The van der Waals surface area contributed by atoms with Crippen LogP contribution in [-0.2, 0) is 11.3 Å². The molecule has 3 heteroatoms. The molecule has 1 aromatic carbocycles. The van der Waals surface area contributed by atoms with Gasteiger partial charge in [0.05, 0.1) is 0 Å². The fourth-order valence-corrected chi connectivity index (χ4v) is 2.39. The summed E-state index contributed by atoms with van der Waals surface area (Å²) in [5.41, 5.74) is 13.4. The van der Waals surface area contributed by atoms with Crippen LogP contribution < -0.4 is 11.1 Å². The van der Waals surface area contributed by atoms with E-state index in [1.54, 1.807) is 0 Å². The molecule has 0 bridgehead atoms. The summed E-state index contributed by atoms with van der Waals surface area (Å²) in [6, 6.07) is -0.0938. The summed E-state index contributed by atoms with van der Waals surface area (Å²) in [5.74, 6) is 0.0182. The highest BCUT2D eigenvalue weighted by Crippen LogP contribution is 2.25. The molecule has 1 unspecified atom stereocenters. The largest absolute Gasteiger partial charge is 0.352 e. The predicted octanol–water partition coefficient (Wildman–Crippen LogP) is 2.58. The zero-order valence-electron chi connectivity index (χ0n) is 13.0. The van der Waals surface area contributed by atoms with E-state index >= 15 is 0 Å². The van der Waals surface area contributed by atoms with Gasteiger partial charge in [0.15, 0.2) is 0 Å². The third-order valence-electron chi connectivity index (χ3n) is 4.13. The van der Waals surface area contributed by atoms with Gasteiger partial charge < -0.3 is 11.1 Å². The average molecular weight is 262 g/mol. The van der Waals surface area contributed by atoms with Gasteiger partial charge in [-0.3, -0.25) is 4.79 Å². The lowest BCUT2D eigenvalue weighted by atomic mass is 9.89. The van der Waals surface area contributed by atoms with Crippen LogP contribution in [0.2, 0.25) is 0 Å². The average Bonchev–Trinajstić information content (AvgIpc) is 2.33. The molecule has 1 amide bonds. The van der Waals surface area contributed by atoms with E-state index < -0.39 is 0 Å². The lowest BCUT2D eigenvalue weighted by Crippen LogP contribution is -2.30. The Morgan fingerprint density at radius 3 is 1.84 bits per heavy atom. The summed E-state index contributed by atoms with van der Waals surface area (Å²) in [7, 11) is 0. The van der Waals surface area contributed by atoms with Crippen LogP contribution in [0.15, 0.2) is 0 Å². The summed E-state index contributed by atoms with van der Waals surface area (Å²) >= 11 is 0. The van der Waals surface area contributed by atoms with Crippen LogP contribution >= 0.6 is 0 Å². The SMILES string of the molecule is Cc1c(C)c(C)c(CNC(=O)CC(C)N)c(C)c1C. The second kappa shape index (κ2) is 6.20. The Hall–Kier alpha value is -1.35. The summed E-state index contributed by atoms with van der Waals surface area (Å²) in [5, 5.41) is 2.97. The van der Waals surface area contributed by atoms with Crippen LogP contribution in [0.5, 0.6) is 0 Å². The smallest absolute Gasteiger partial charge is 0.221 e. The van der Waals surface area contributed by atoms with E-state index in [9.17, 15) is 4.79 Å². The molecule has 0 radical (unpaired) electrons. The molecule has 0 aliphatic heterocycles. The zero-order chi connectivity index (χ0) is 14.7. The maximum absolute atomic E-state index is 11.7. The molecular weight excluding hydrogens is 236 g/mol. The van der Waals surface area contributed by atoms with Gasteiger partial charge >= 0.3 is 0 Å². The van der Waals surface area contributed by atoms with Gasteiger partial charge in [-0.05, 0) is 74.9 Å². The van der Waals surface area contributed by atoms with Gasteiger partial charge in [-0.25, -0.2) is 0 Å². The molecule has 1 rings (SSSR count). The van der Waals surface area contributed by atoms with Crippen LogP contribution in [0.1, 0.15) is 46.7 Å². The number of carbonyl (C=O) groups is 1. The molecule has 0 saturated carbocycles. The van der Waals surface area contributed by atoms with Gasteiger partial charge in [-0.1, -0.05) is 0 Å². The highest BCUT2D eigenvalue weighted by molar-refractivity contribution is 5.76. The van der Waals surface area contributed by atoms with Crippen molar-refractivity contribution in [2.75, 3.05) is 0 Å². The van der Waals surface area contributed by atoms with E-state index in [2.05, 4.69) is 39.9 Å². The first-order valence-electron chi connectivity index (χ1n) is 6.83. The number of hydrogen-bond donors (Lipinski definition) is 2. The number of nitrogens with one attached hydrogen (secondary N) is 1. The molecule has 1 aromatic rings. The van der Waals surface area contributed by atoms with Crippen LogP contribution in [0, 0.1) is 34.6 Å². The van der Waals surface area contributed by atoms with Crippen molar-refractivity contribution in [2.24, 2.45) is 5.73 Å². The molecule has 19 heavy (non-hydrogen) atoms. The van der Waals surface area contributed by atoms with E-state index in [-0.39, 0.29) is 11.9 Å². The molecule has 3 nitrogen and oxygen atoms in total. The number of carbonyl (C=O) groups excluding carboxylic acids is 1. The normalized spacial score (nSPS) is 12.4.